The number of benzene rings is 1. The van der Waals surface area contributed by atoms with Crippen LogP contribution in [0.2, 0.25) is 5.02 Å². The Bertz CT molecular complexity index is 759. The van der Waals surface area contributed by atoms with Gasteiger partial charge in [0.1, 0.15) is 11.6 Å². The summed E-state index contributed by atoms with van der Waals surface area (Å²) in [5.41, 5.74) is 0.176. The van der Waals surface area contributed by atoms with Gasteiger partial charge < -0.3 is 9.84 Å². The standard InChI is InChI=1S/C23H30ClFO3S/c1-2-23(11-14-6-7-15(8-14)12-23)13-28-19-10-18(25)21(9-17(19)24)29-20-5-3-4-16(20)22(26)27/h9-10,14-16,20H,2-8,11-13H2,1H3,(H,26,27)/t14-,15+,16?,20?,23?. The van der Waals surface area contributed by atoms with E-state index in [-0.39, 0.29) is 16.5 Å². The summed E-state index contributed by atoms with van der Waals surface area (Å²) in [5.74, 6) is 0.451. The highest BCUT2D eigenvalue weighted by Crippen LogP contribution is 2.52. The third kappa shape index (κ3) is 4.56. The number of carboxylic acid groups (broad SMARTS) is 1. The lowest BCUT2D eigenvalue weighted by Gasteiger charge is -2.40. The number of fused-ring (bicyclic) bond motifs is 2. The maximum atomic E-state index is 14.8. The highest BCUT2D eigenvalue weighted by atomic mass is 35.5. The first-order valence-electron chi connectivity index (χ1n) is 10.9. The van der Waals surface area contributed by atoms with Crippen LogP contribution in [0.5, 0.6) is 5.75 Å². The van der Waals surface area contributed by atoms with E-state index in [1.807, 2.05) is 0 Å². The number of thioether (sulfide) groups is 1. The van der Waals surface area contributed by atoms with Crippen LogP contribution in [0.15, 0.2) is 17.0 Å². The molecule has 1 aromatic rings. The van der Waals surface area contributed by atoms with Crippen LogP contribution < -0.4 is 4.74 Å². The van der Waals surface area contributed by atoms with Crippen LogP contribution in [-0.4, -0.2) is 22.9 Å². The molecular weight excluding hydrogens is 411 g/mol. The van der Waals surface area contributed by atoms with Crippen molar-refractivity contribution in [1.29, 1.82) is 0 Å². The number of hydrogen-bond donors (Lipinski definition) is 1. The minimum atomic E-state index is -0.794. The topological polar surface area (TPSA) is 46.5 Å². The Hall–Kier alpha value is -0.940. The van der Waals surface area contributed by atoms with Crippen molar-refractivity contribution in [3.8, 4) is 5.75 Å². The van der Waals surface area contributed by atoms with Crippen LogP contribution in [0.3, 0.4) is 0 Å². The fourth-order valence-corrected chi connectivity index (χ4v) is 7.49. The second-order valence-electron chi connectivity index (χ2n) is 9.34. The number of ether oxygens (including phenoxy) is 1. The van der Waals surface area contributed by atoms with E-state index in [4.69, 9.17) is 16.3 Å². The van der Waals surface area contributed by atoms with Crippen molar-refractivity contribution in [3.05, 3.63) is 23.0 Å². The SMILES string of the molecule is CCC1(COc2cc(F)c(SC3CCCC3C(=O)O)cc2Cl)C[C@@H]2CC[C@@H](C2)C1. The van der Waals surface area contributed by atoms with E-state index in [1.165, 1.54) is 49.9 Å². The van der Waals surface area contributed by atoms with Crippen LogP contribution >= 0.6 is 23.4 Å². The Morgan fingerprint density at radius 2 is 2.00 bits per heavy atom. The largest absolute Gasteiger partial charge is 0.491 e. The van der Waals surface area contributed by atoms with Gasteiger partial charge in [-0.1, -0.05) is 37.8 Å². The average Bonchev–Trinajstić information content (AvgIpc) is 3.29. The smallest absolute Gasteiger partial charge is 0.307 e. The summed E-state index contributed by atoms with van der Waals surface area (Å²) in [5, 5.41) is 9.66. The predicted molar refractivity (Wildman–Crippen MR) is 114 cm³/mol. The minimum absolute atomic E-state index is 0.106. The van der Waals surface area contributed by atoms with Gasteiger partial charge >= 0.3 is 5.97 Å². The Morgan fingerprint density at radius 1 is 1.28 bits per heavy atom. The Morgan fingerprint density at radius 3 is 2.66 bits per heavy atom. The molecule has 5 atom stereocenters. The van der Waals surface area contributed by atoms with Gasteiger partial charge in [0.05, 0.1) is 17.5 Å². The molecule has 3 aliphatic rings. The lowest BCUT2D eigenvalue weighted by atomic mass is 9.68. The van der Waals surface area contributed by atoms with Crippen LogP contribution in [0, 0.1) is 29.0 Å². The fourth-order valence-electron chi connectivity index (χ4n) is 5.82. The lowest BCUT2D eigenvalue weighted by Crippen LogP contribution is -2.34. The number of carbonyl (C=O) groups is 1. The van der Waals surface area contributed by atoms with Crippen LogP contribution in [0.1, 0.15) is 64.7 Å². The van der Waals surface area contributed by atoms with E-state index in [0.29, 0.717) is 28.7 Å². The van der Waals surface area contributed by atoms with Gasteiger partial charge in [-0.2, -0.15) is 0 Å². The molecule has 0 heterocycles. The molecular formula is C23H30ClFO3S. The molecule has 0 radical (unpaired) electrons. The molecule has 0 spiro atoms. The summed E-state index contributed by atoms with van der Waals surface area (Å²) in [6, 6.07) is 2.99. The summed E-state index contributed by atoms with van der Waals surface area (Å²) < 4.78 is 20.9. The Labute approximate surface area is 181 Å². The second-order valence-corrected chi connectivity index (χ2v) is 11.0. The van der Waals surface area contributed by atoms with Gasteiger partial charge in [-0.3, -0.25) is 4.79 Å². The molecule has 4 rings (SSSR count). The van der Waals surface area contributed by atoms with E-state index in [2.05, 4.69) is 6.92 Å². The number of rotatable bonds is 7. The van der Waals surface area contributed by atoms with Gasteiger partial charge in [0, 0.05) is 21.6 Å². The van der Waals surface area contributed by atoms with E-state index >= 15 is 0 Å². The normalized spacial score (nSPS) is 33.8. The molecule has 3 unspecified atom stereocenters. The van der Waals surface area contributed by atoms with E-state index in [0.717, 1.165) is 31.1 Å². The van der Waals surface area contributed by atoms with Crippen molar-refractivity contribution >= 4 is 29.3 Å². The molecule has 6 heteroatoms. The molecule has 1 N–H and O–H groups in total. The zero-order valence-corrected chi connectivity index (χ0v) is 18.5. The molecule has 3 fully saturated rings. The molecule has 3 saturated carbocycles. The summed E-state index contributed by atoms with van der Waals surface area (Å²) in [4.78, 5) is 11.8. The minimum Gasteiger partial charge on any atom is -0.491 e. The molecule has 3 aliphatic carbocycles. The number of carboxylic acids is 1. The average molecular weight is 441 g/mol. The molecule has 0 aliphatic heterocycles. The molecule has 0 saturated heterocycles. The first kappa shape index (κ1) is 21.3. The van der Waals surface area contributed by atoms with Crippen molar-refractivity contribution in [2.24, 2.45) is 23.2 Å². The quantitative estimate of drug-likeness (QED) is 0.505. The van der Waals surface area contributed by atoms with Crippen LogP contribution in [0.4, 0.5) is 4.39 Å². The van der Waals surface area contributed by atoms with Crippen LogP contribution in [-0.2, 0) is 4.79 Å². The van der Waals surface area contributed by atoms with Crippen molar-refractivity contribution in [2.45, 2.75) is 74.9 Å². The summed E-state index contributed by atoms with van der Waals surface area (Å²) in [6.45, 7) is 2.82. The lowest BCUT2D eigenvalue weighted by molar-refractivity contribution is -0.141. The summed E-state index contributed by atoms with van der Waals surface area (Å²) >= 11 is 7.74. The molecule has 0 aromatic heterocycles. The highest BCUT2D eigenvalue weighted by Gasteiger charge is 2.43. The molecule has 0 amide bonds. The molecule has 1 aromatic carbocycles. The van der Waals surface area contributed by atoms with Gasteiger partial charge in [-0.25, -0.2) is 4.39 Å². The zero-order chi connectivity index (χ0) is 20.6. The molecule has 3 nitrogen and oxygen atoms in total. The zero-order valence-electron chi connectivity index (χ0n) is 17.0. The van der Waals surface area contributed by atoms with E-state index < -0.39 is 11.9 Å². The second kappa shape index (κ2) is 8.66. The summed E-state index contributed by atoms with van der Waals surface area (Å²) in [7, 11) is 0. The van der Waals surface area contributed by atoms with Gasteiger partial charge in [0.25, 0.3) is 0 Å². The Kier molecular flexibility index (Phi) is 6.36. The van der Waals surface area contributed by atoms with E-state index in [1.54, 1.807) is 6.07 Å². The Balaban J connectivity index is 1.44. The number of hydrogen-bond acceptors (Lipinski definition) is 3. The van der Waals surface area contributed by atoms with Gasteiger partial charge in [-0.05, 0) is 56.4 Å². The van der Waals surface area contributed by atoms with Gasteiger partial charge in [0.15, 0.2) is 0 Å². The predicted octanol–water partition coefficient (Wildman–Crippen LogP) is 6.81. The molecule has 2 bridgehead atoms. The monoisotopic (exact) mass is 440 g/mol. The highest BCUT2D eigenvalue weighted by molar-refractivity contribution is 8.00. The van der Waals surface area contributed by atoms with Crippen LogP contribution in [0.25, 0.3) is 0 Å². The fraction of sp³-hybridized carbons (Fsp3) is 0.696. The van der Waals surface area contributed by atoms with Gasteiger partial charge in [0.2, 0.25) is 0 Å². The summed E-state index contributed by atoms with van der Waals surface area (Å²) in [6.07, 6.45) is 9.83. The number of halogens is 2. The third-order valence-corrected chi connectivity index (χ3v) is 9.14. The number of aliphatic carboxylic acids is 1. The molecule has 29 heavy (non-hydrogen) atoms. The third-order valence-electron chi connectivity index (χ3n) is 7.41. The van der Waals surface area contributed by atoms with Crippen molar-refractivity contribution < 1.29 is 19.0 Å². The van der Waals surface area contributed by atoms with Crippen molar-refractivity contribution in [2.75, 3.05) is 6.61 Å². The maximum Gasteiger partial charge on any atom is 0.307 e. The van der Waals surface area contributed by atoms with Gasteiger partial charge in [-0.15, -0.1) is 11.8 Å². The first-order valence-corrected chi connectivity index (χ1v) is 12.2. The first-order chi connectivity index (χ1) is 13.9. The van der Waals surface area contributed by atoms with Crippen molar-refractivity contribution in [1.82, 2.24) is 0 Å². The maximum absolute atomic E-state index is 14.8. The molecule has 160 valence electrons. The van der Waals surface area contributed by atoms with Crippen molar-refractivity contribution in [3.63, 3.8) is 0 Å². The van der Waals surface area contributed by atoms with E-state index in [9.17, 15) is 14.3 Å².